The van der Waals surface area contributed by atoms with Gasteiger partial charge in [-0.2, -0.15) is 0 Å². The summed E-state index contributed by atoms with van der Waals surface area (Å²) in [7, 11) is 0. The van der Waals surface area contributed by atoms with Crippen LogP contribution in [0.1, 0.15) is 11.1 Å². The SMILES string of the molecule is Cc1ccc2nc(-c3cc(N=Cc4cc(Cl)cc(I)c4O)ccc3O)[nH]c2c1. The average molecular weight is 504 g/mol. The smallest absolute Gasteiger partial charge is 0.142 e. The molecule has 5 nitrogen and oxygen atoms in total. The zero-order valence-electron chi connectivity index (χ0n) is 14.7. The molecule has 0 aliphatic heterocycles. The number of nitrogens with zero attached hydrogens (tertiary/aromatic N) is 2. The molecule has 0 saturated carbocycles. The van der Waals surface area contributed by atoms with Gasteiger partial charge in [0.2, 0.25) is 0 Å². The average Bonchev–Trinajstić information content (AvgIpc) is 3.07. The summed E-state index contributed by atoms with van der Waals surface area (Å²) in [5.41, 5.74) is 4.54. The highest BCUT2D eigenvalue weighted by Gasteiger charge is 2.11. The Morgan fingerprint density at radius 2 is 1.93 bits per heavy atom. The number of aromatic amines is 1. The second-order valence-electron chi connectivity index (χ2n) is 6.39. The number of H-pyrrole nitrogens is 1. The van der Waals surface area contributed by atoms with Crippen molar-refractivity contribution in [3.63, 3.8) is 0 Å². The Balaban J connectivity index is 1.73. The molecular formula is C21H15ClIN3O2. The van der Waals surface area contributed by atoms with Crippen LogP contribution in [0.3, 0.4) is 0 Å². The molecule has 0 amide bonds. The van der Waals surface area contributed by atoms with Gasteiger partial charge in [0.25, 0.3) is 0 Å². The quantitative estimate of drug-likeness (QED) is 0.238. The second-order valence-corrected chi connectivity index (χ2v) is 7.99. The van der Waals surface area contributed by atoms with Gasteiger partial charge in [-0.05, 0) is 77.5 Å². The summed E-state index contributed by atoms with van der Waals surface area (Å²) in [6, 6.07) is 14.3. The van der Waals surface area contributed by atoms with Gasteiger partial charge < -0.3 is 15.2 Å². The van der Waals surface area contributed by atoms with Crippen LogP contribution in [0.5, 0.6) is 11.5 Å². The number of rotatable bonds is 3. The highest BCUT2D eigenvalue weighted by atomic mass is 127. The van der Waals surface area contributed by atoms with Crippen molar-refractivity contribution in [1.29, 1.82) is 0 Å². The van der Waals surface area contributed by atoms with Crippen molar-refractivity contribution in [2.75, 3.05) is 0 Å². The lowest BCUT2D eigenvalue weighted by Crippen LogP contribution is -1.86. The Bertz CT molecular complexity index is 1230. The van der Waals surface area contributed by atoms with Crippen molar-refractivity contribution >= 4 is 57.1 Å². The number of aryl methyl sites for hydroxylation is 1. The van der Waals surface area contributed by atoms with Crippen molar-refractivity contribution in [3.05, 3.63) is 68.3 Å². The minimum Gasteiger partial charge on any atom is -0.507 e. The molecule has 28 heavy (non-hydrogen) atoms. The van der Waals surface area contributed by atoms with Crippen molar-refractivity contribution in [2.45, 2.75) is 6.92 Å². The van der Waals surface area contributed by atoms with Crippen LogP contribution < -0.4 is 0 Å². The molecule has 1 aromatic heterocycles. The highest BCUT2D eigenvalue weighted by molar-refractivity contribution is 14.1. The maximum Gasteiger partial charge on any atom is 0.142 e. The van der Waals surface area contributed by atoms with E-state index in [9.17, 15) is 10.2 Å². The summed E-state index contributed by atoms with van der Waals surface area (Å²) < 4.78 is 0.649. The molecule has 0 radical (unpaired) electrons. The van der Waals surface area contributed by atoms with Crippen LogP contribution >= 0.6 is 34.2 Å². The number of benzene rings is 3. The van der Waals surface area contributed by atoms with E-state index in [4.69, 9.17) is 11.6 Å². The topological polar surface area (TPSA) is 81.5 Å². The third-order valence-electron chi connectivity index (χ3n) is 4.28. The van der Waals surface area contributed by atoms with Crippen LogP contribution in [0.2, 0.25) is 5.02 Å². The summed E-state index contributed by atoms with van der Waals surface area (Å²) in [6.45, 7) is 2.01. The van der Waals surface area contributed by atoms with Crippen LogP contribution in [0.15, 0.2) is 53.5 Å². The van der Waals surface area contributed by atoms with Crippen LogP contribution in [-0.2, 0) is 0 Å². The Morgan fingerprint density at radius 3 is 2.75 bits per heavy atom. The van der Waals surface area contributed by atoms with Crippen molar-refractivity contribution in [2.24, 2.45) is 4.99 Å². The normalized spacial score (nSPS) is 11.5. The Labute approximate surface area is 179 Å². The first-order chi connectivity index (χ1) is 13.4. The highest BCUT2D eigenvalue weighted by Crippen LogP contribution is 2.33. The largest absolute Gasteiger partial charge is 0.507 e. The standard InChI is InChI=1S/C21H15ClIN3O2/c1-11-2-4-17-18(6-11)26-21(25-17)15-9-14(3-5-19(15)27)24-10-12-7-13(22)8-16(23)20(12)28/h2-10,27-28H,1H3,(H,25,26). The number of fused-ring (bicyclic) bond motifs is 1. The molecule has 0 aliphatic rings. The van der Waals surface area contributed by atoms with Crippen LogP contribution in [0.25, 0.3) is 22.4 Å². The number of phenols is 2. The van der Waals surface area contributed by atoms with E-state index < -0.39 is 0 Å². The third-order valence-corrected chi connectivity index (χ3v) is 5.32. The number of hydrogen-bond donors (Lipinski definition) is 3. The number of halogens is 2. The van der Waals surface area contributed by atoms with Gasteiger partial charge in [-0.25, -0.2) is 4.98 Å². The first kappa shape index (κ1) is 18.8. The van der Waals surface area contributed by atoms with E-state index in [0.717, 1.165) is 16.6 Å². The molecule has 3 aromatic carbocycles. The third kappa shape index (κ3) is 3.70. The monoisotopic (exact) mass is 503 g/mol. The van der Waals surface area contributed by atoms with Crippen LogP contribution in [-0.4, -0.2) is 26.4 Å². The first-order valence-corrected chi connectivity index (χ1v) is 9.88. The van der Waals surface area contributed by atoms with Gasteiger partial charge in [0, 0.05) is 16.8 Å². The lowest BCUT2D eigenvalue weighted by Gasteiger charge is -2.04. The molecule has 3 N–H and O–H groups in total. The fourth-order valence-electron chi connectivity index (χ4n) is 2.87. The molecule has 0 fully saturated rings. The van der Waals surface area contributed by atoms with E-state index in [1.165, 1.54) is 0 Å². The number of aliphatic imine (C=N–C) groups is 1. The van der Waals surface area contributed by atoms with Crippen LogP contribution in [0.4, 0.5) is 5.69 Å². The Morgan fingerprint density at radius 1 is 1.11 bits per heavy atom. The number of hydrogen-bond acceptors (Lipinski definition) is 4. The summed E-state index contributed by atoms with van der Waals surface area (Å²) in [4.78, 5) is 12.2. The zero-order chi connectivity index (χ0) is 19.8. The molecule has 0 saturated heterocycles. The molecule has 0 aliphatic carbocycles. The molecule has 4 aromatic rings. The molecule has 0 unspecified atom stereocenters. The number of aromatic nitrogens is 2. The summed E-state index contributed by atoms with van der Waals surface area (Å²) >= 11 is 8.07. The number of nitrogens with one attached hydrogen (secondary N) is 1. The second kappa shape index (κ2) is 7.44. The Hall–Kier alpha value is -2.58. The van der Waals surface area contributed by atoms with Crippen LogP contribution in [0, 0.1) is 10.5 Å². The van der Waals surface area contributed by atoms with Crippen molar-refractivity contribution < 1.29 is 10.2 Å². The van der Waals surface area contributed by atoms with Gasteiger partial charge in [0.05, 0.1) is 25.9 Å². The van der Waals surface area contributed by atoms with E-state index >= 15 is 0 Å². The number of aromatic hydroxyl groups is 2. The number of phenolic OH excluding ortho intramolecular Hbond substituents is 2. The Kier molecular flexibility index (Phi) is 4.99. The van der Waals surface area contributed by atoms with E-state index in [-0.39, 0.29) is 11.5 Å². The van der Waals surface area contributed by atoms with Gasteiger partial charge in [0.1, 0.15) is 17.3 Å². The first-order valence-electron chi connectivity index (χ1n) is 8.42. The summed E-state index contributed by atoms with van der Waals surface area (Å²) in [5.74, 6) is 0.797. The fraction of sp³-hybridized carbons (Fsp3) is 0.0476. The van der Waals surface area contributed by atoms with E-state index in [2.05, 4.69) is 15.0 Å². The molecule has 140 valence electrons. The lowest BCUT2D eigenvalue weighted by molar-refractivity contribution is 0.470. The fourth-order valence-corrected chi connectivity index (χ4v) is 3.93. The van der Waals surface area contributed by atoms with Gasteiger partial charge in [0.15, 0.2) is 0 Å². The van der Waals surface area contributed by atoms with Gasteiger partial charge in [-0.15, -0.1) is 0 Å². The molecule has 0 spiro atoms. The molecule has 7 heteroatoms. The van der Waals surface area contributed by atoms with Gasteiger partial charge in [-0.1, -0.05) is 17.7 Å². The van der Waals surface area contributed by atoms with E-state index in [1.807, 2.05) is 47.7 Å². The zero-order valence-corrected chi connectivity index (χ0v) is 17.7. The van der Waals surface area contributed by atoms with Gasteiger partial charge >= 0.3 is 0 Å². The minimum absolute atomic E-state index is 0.106. The summed E-state index contributed by atoms with van der Waals surface area (Å²) in [5, 5.41) is 21.0. The minimum atomic E-state index is 0.106. The van der Waals surface area contributed by atoms with E-state index in [0.29, 0.717) is 31.2 Å². The van der Waals surface area contributed by atoms with Gasteiger partial charge in [-0.3, -0.25) is 4.99 Å². The maximum atomic E-state index is 10.3. The predicted molar refractivity (Wildman–Crippen MR) is 121 cm³/mol. The predicted octanol–water partition coefficient (Wildman–Crippen LogP) is 5.96. The molecule has 0 atom stereocenters. The molecule has 0 bridgehead atoms. The number of imidazole rings is 1. The van der Waals surface area contributed by atoms with Crippen molar-refractivity contribution in [3.8, 4) is 22.9 Å². The summed E-state index contributed by atoms with van der Waals surface area (Å²) in [6.07, 6.45) is 1.54. The van der Waals surface area contributed by atoms with E-state index in [1.54, 1.807) is 36.5 Å². The molecule has 4 rings (SSSR count). The molecular weight excluding hydrogens is 489 g/mol. The van der Waals surface area contributed by atoms with Crippen molar-refractivity contribution in [1.82, 2.24) is 9.97 Å². The molecule has 1 heterocycles. The maximum absolute atomic E-state index is 10.3. The lowest BCUT2D eigenvalue weighted by atomic mass is 10.1.